The molecule has 0 saturated carbocycles. The van der Waals surface area contributed by atoms with Gasteiger partial charge in [-0.25, -0.2) is 4.52 Å². The molecule has 5 aromatic rings. The highest BCUT2D eigenvalue weighted by molar-refractivity contribution is 5.90. The molecule has 134 valence electrons. The first-order chi connectivity index (χ1) is 13.8. The van der Waals surface area contributed by atoms with E-state index in [0.29, 0.717) is 5.69 Å². The van der Waals surface area contributed by atoms with Crippen LogP contribution in [0.5, 0.6) is 0 Å². The largest absolute Gasteiger partial charge is 0.271 e. The maximum absolute atomic E-state index is 12.4. The van der Waals surface area contributed by atoms with Crippen LogP contribution in [0, 0.1) is 0 Å². The summed E-state index contributed by atoms with van der Waals surface area (Å²) >= 11 is 0. The van der Waals surface area contributed by atoms with Gasteiger partial charge in [0.1, 0.15) is 5.69 Å². The summed E-state index contributed by atoms with van der Waals surface area (Å²) in [6.45, 7) is 0. The number of fused-ring (bicyclic) bond motifs is 1. The lowest BCUT2D eigenvalue weighted by Gasteiger charge is -2.08. The minimum absolute atomic E-state index is 0.173. The Morgan fingerprint density at radius 1 is 0.679 bits per heavy atom. The van der Waals surface area contributed by atoms with Gasteiger partial charge in [0.2, 0.25) is 0 Å². The molecule has 0 atom stereocenters. The number of hydrogen-bond acceptors (Lipinski definition) is 3. The summed E-state index contributed by atoms with van der Waals surface area (Å²) in [5, 5.41) is 9.45. The third-order valence-corrected chi connectivity index (χ3v) is 4.64. The highest BCUT2D eigenvalue weighted by Gasteiger charge is 2.18. The molecule has 5 rings (SSSR count). The zero-order valence-electron chi connectivity index (χ0n) is 14.9. The summed E-state index contributed by atoms with van der Waals surface area (Å²) in [4.78, 5) is 12.4. The zero-order valence-corrected chi connectivity index (χ0v) is 14.9. The van der Waals surface area contributed by atoms with Crippen molar-refractivity contribution in [2.45, 2.75) is 0 Å². The Morgan fingerprint density at radius 3 is 2.18 bits per heavy atom. The van der Waals surface area contributed by atoms with E-state index in [4.69, 9.17) is 5.10 Å². The molecule has 0 fully saturated rings. The SMILES string of the molecule is O=c1ccc(-c2c(-c3ccccc3)nn3ccccc23)nn1-c1ccccc1. The van der Waals surface area contributed by atoms with Crippen molar-refractivity contribution in [2.24, 2.45) is 0 Å². The van der Waals surface area contributed by atoms with Crippen LogP contribution in [-0.4, -0.2) is 19.4 Å². The normalized spacial score (nSPS) is 11.0. The minimum atomic E-state index is -0.173. The summed E-state index contributed by atoms with van der Waals surface area (Å²) in [6.07, 6.45) is 1.92. The van der Waals surface area contributed by atoms with Crippen LogP contribution in [0.4, 0.5) is 0 Å². The first-order valence-corrected chi connectivity index (χ1v) is 9.00. The van der Waals surface area contributed by atoms with Gasteiger partial charge in [0.05, 0.1) is 22.5 Å². The van der Waals surface area contributed by atoms with E-state index in [9.17, 15) is 4.79 Å². The second-order valence-electron chi connectivity index (χ2n) is 6.42. The third-order valence-electron chi connectivity index (χ3n) is 4.64. The Balaban J connectivity index is 1.80. The van der Waals surface area contributed by atoms with Gasteiger partial charge in [0.15, 0.2) is 0 Å². The Labute approximate surface area is 161 Å². The predicted octanol–water partition coefficient (Wildman–Crippen LogP) is 4.21. The van der Waals surface area contributed by atoms with Crippen LogP contribution in [0.2, 0.25) is 0 Å². The fourth-order valence-corrected chi connectivity index (χ4v) is 3.35. The average molecular weight is 364 g/mol. The number of rotatable bonds is 3. The van der Waals surface area contributed by atoms with Crippen LogP contribution < -0.4 is 5.56 Å². The lowest BCUT2D eigenvalue weighted by Crippen LogP contribution is -2.20. The van der Waals surface area contributed by atoms with Gasteiger partial charge in [-0.3, -0.25) is 4.79 Å². The number of aromatic nitrogens is 4. The lowest BCUT2D eigenvalue weighted by atomic mass is 10.0. The topological polar surface area (TPSA) is 52.2 Å². The van der Waals surface area contributed by atoms with Crippen LogP contribution in [-0.2, 0) is 0 Å². The monoisotopic (exact) mass is 364 g/mol. The molecule has 0 radical (unpaired) electrons. The van der Waals surface area contributed by atoms with Crippen LogP contribution in [0.25, 0.3) is 33.7 Å². The summed E-state index contributed by atoms with van der Waals surface area (Å²) in [5.74, 6) is 0. The highest BCUT2D eigenvalue weighted by Crippen LogP contribution is 2.33. The van der Waals surface area contributed by atoms with E-state index in [1.54, 1.807) is 12.1 Å². The Kier molecular flexibility index (Phi) is 3.84. The maximum atomic E-state index is 12.4. The minimum Gasteiger partial charge on any atom is -0.267 e. The predicted molar refractivity (Wildman–Crippen MR) is 109 cm³/mol. The molecule has 2 aromatic carbocycles. The van der Waals surface area contributed by atoms with Gasteiger partial charge in [0.25, 0.3) is 5.56 Å². The Hall–Kier alpha value is -3.99. The molecule has 0 aliphatic rings. The van der Waals surface area contributed by atoms with Crippen molar-refractivity contribution in [1.29, 1.82) is 0 Å². The molecule has 0 unspecified atom stereocenters. The number of nitrogens with zero attached hydrogens (tertiary/aromatic N) is 4. The molecule has 0 spiro atoms. The van der Waals surface area contributed by atoms with E-state index < -0.39 is 0 Å². The molecule has 0 N–H and O–H groups in total. The molecule has 0 saturated heterocycles. The van der Waals surface area contributed by atoms with Gasteiger partial charge in [-0.05, 0) is 30.3 Å². The van der Waals surface area contributed by atoms with Crippen molar-refractivity contribution >= 4 is 5.52 Å². The number of para-hydroxylation sites is 1. The zero-order chi connectivity index (χ0) is 18.9. The van der Waals surface area contributed by atoms with Crippen molar-refractivity contribution in [1.82, 2.24) is 19.4 Å². The lowest BCUT2D eigenvalue weighted by molar-refractivity contribution is 0.813. The first-order valence-electron chi connectivity index (χ1n) is 9.00. The molecule has 0 aliphatic carbocycles. The third kappa shape index (κ3) is 2.70. The highest BCUT2D eigenvalue weighted by atomic mass is 16.1. The van der Waals surface area contributed by atoms with E-state index in [-0.39, 0.29) is 5.56 Å². The summed E-state index contributed by atoms with van der Waals surface area (Å²) < 4.78 is 3.27. The fourth-order valence-electron chi connectivity index (χ4n) is 3.35. The summed E-state index contributed by atoms with van der Waals surface area (Å²) in [5.41, 5.74) is 4.92. The maximum Gasteiger partial charge on any atom is 0.271 e. The molecule has 28 heavy (non-hydrogen) atoms. The molecular weight excluding hydrogens is 348 g/mol. The molecule has 5 heteroatoms. The Bertz CT molecular complexity index is 1320. The first kappa shape index (κ1) is 16.2. The van der Waals surface area contributed by atoms with Crippen LogP contribution in [0.3, 0.4) is 0 Å². The van der Waals surface area contributed by atoms with Gasteiger partial charge in [-0.2, -0.15) is 14.9 Å². The van der Waals surface area contributed by atoms with Gasteiger partial charge < -0.3 is 0 Å². The molecule has 3 aromatic heterocycles. The van der Waals surface area contributed by atoms with Crippen LogP contribution in [0.15, 0.2) is 102 Å². The number of benzene rings is 2. The van der Waals surface area contributed by atoms with E-state index in [1.165, 1.54) is 4.68 Å². The summed E-state index contributed by atoms with van der Waals surface area (Å²) in [6, 6.07) is 28.7. The smallest absolute Gasteiger partial charge is 0.267 e. The van der Waals surface area contributed by atoms with Crippen LogP contribution >= 0.6 is 0 Å². The summed E-state index contributed by atoms with van der Waals surface area (Å²) in [7, 11) is 0. The van der Waals surface area contributed by atoms with Crippen molar-refractivity contribution in [2.75, 3.05) is 0 Å². The number of pyridine rings is 1. The van der Waals surface area contributed by atoms with E-state index in [2.05, 4.69) is 5.10 Å². The van der Waals surface area contributed by atoms with Crippen molar-refractivity contribution in [3.05, 3.63) is 108 Å². The van der Waals surface area contributed by atoms with Gasteiger partial charge in [-0.15, -0.1) is 0 Å². The molecule has 0 aliphatic heterocycles. The molecule has 5 nitrogen and oxygen atoms in total. The van der Waals surface area contributed by atoms with Crippen molar-refractivity contribution in [3.63, 3.8) is 0 Å². The van der Waals surface area contributed by atoms with E-state index in [0.717, 1.165) is 28.0 Å². The standard InChI is InChI=1S/C23H16N4O/c28-21-15-14-19(24-27(21)18-11-5-2-6-12-18)22-20-13-7-8-16-26(20)25-23(22)17-9-3-1-4-10-17/h1-16H. The number of hydrogen-bond donors (Lipinski definition) is 0. The quantitative estimate of drug-likeness (QED) is 0.482. The van der Waals surface area contributed by atoms with E-state index in [1.807, 2.05) is 89.6 Å². The van der Waals surface area contributed by atoms with Gasteiger partial charge >= 0.3 is 0 Å². The van der Waals surface area contributed by atoms with E-state index >= 15 is 0 Å². The van der Waals surface area contributed by atoms with Crippen molar-refractivity contribution in [3.8, 4) is 28.2 Å². The second-order valence-corrected chi connectivity index (χ2v) is 6.42. The molecule has 0 bridgehead atoms. The van der Waals surface area contributed by atoms with Crippen LogP contribution in [0.1, 0.15) is 0 Å². The fraction of sp³-hybridized carbons (Fsp3) is 0. The second kappa shape index (κ2) is 6.63. The van der Waals surface area contributed by atoms with Gasteiger partial charge in [-0.1, -0.05) is 54.6 Å². The van der Waals surface area contributed by atoms with Crippen molar-refractivity contribution < 1.29 is 0 Å². The average Bonchev–Trinajstić information content (AvgIpc) is 3.15. The Morgan fingerprint density at radius 2 is 1.39 bits per heavy atom. The molecular formula is C23H16N4O. The molecule has 3 heterocycles. The molecule has 0 amide bonds. The van der Waals surface area contributed by atoms with Gasteiger partial charge in [0, 0.05) is 17.8 Å².